The molecular weight excluding hydrogens is 572 g/mol. The number of amides is 2. The second kappa shape index (κ2) is 13.3. The number of hydrogen-bond acceptors (Lipinski definition) is 7. The summed E-state index contributed by atoms with van der Waals surface area (Å²) in [6.07, 6.45) is 2.85. The van der Waals surface area contributed by atoms with Gasteiger partial charge in [0.15, 0.2) is 0 Å². The van der Waals surface area contributed by atoms with E-state index in [9.17, 15) is 23.2 Å². The largest absolute Gasteiger partial charge is 0.495 e. The number of nitrogens with one attached hydrogen (secondary N) is 2. The maximum atomic E-state index is 13.5. The van der Waals surface area contributed by atoms with Crippen molar-refractivity contribution in [3.8, 4) is 22.6 Å². The van der Waals surface area contributed by atoms with Gasteiger partial charge < -0.3 is 15.4 Å². The zero-order valence-electron chi connectivity index (χ0n) is 23.0. The van der Waals surface area contributed by atoms with Crippen LogP contribution in [0.3, 0.4) is 0 Å². The Kier molecular flexibility index (Phi) is 9.63. The summed E-state index contributed by atoms with van der Waals surface area (Å²) in [5.74, 6) is -0.591. The van der Waals surface area contributed by atoms with E-state index >= 15 is 0 Å². The number of hydrogen-bond donors (Lipinski definition) is 2. The molecule has 0 aliphatic carbocycles. The van der Waals surface area contributed by atoms with Gasteiger partial charge in [0, 0.05) is 29.3 Å². The topological polar surface area (TPSA) is 133 Å². The molecule has 4 rings (SSSR count). The number of carbonyl (C=O) groups is 2. The predicted molar refractivity (Wildman–Crippen MR) is 152 cm³/mol. The number of nitrogens with zero attached hydrogens (tertiary/aromatic N) is 5. The van der Waals surface area contributed by atoms with Crippen molar-refractivity contribution in [3.05, 3.63) is 81.8 Å². The number of halogens is 3. The molecule has 0 fully saturated rings. The van der Waals surface area contributed by atoms with Crippen LogP contribution in [0.15, 0.2) is 59.8 Å². The van der Waals surface area contributed by atoms with Crippen molar-refractivity contribution >= 4 is 29.1 Å². The van der Waals surface area contributed by atoms with Crippen molar-refractivity contribution in [1.82, 2.24) is 29.9 Å². The first kappa shape index (κ1) is 30.3. The second-order valence-electron chi connectivity index (χ2n) is 9.21. The van der Waals surface area contributed by atoms with Crippen LogP contribution in [0.25, 0.3) is 16.8 Å². The van der Waals surface area contributed by atoms with Gasteiger partial charge in [0.1, 0.15) is 23.2 Å². The fourth-order valence-electron chi connectivity index (χ4n) is 4.31. The molecule has 11 nitrogen and oxygen atoms in total. The molecular formula is C28H28ClF2N7O4. The van der Waals surface area contributed by atoms with Gasteiger partial charge in [0.05, 0.1) is 37.1 Å². The van der Waals surface area contributed by atoms with E-state index in [2.05, 4.69) is 25.9 Å². The van der Waals surface area contributed by atoms with E-state index < -0.39 is 29.6 Å². The first-order valence-corrected chi connectivity index (χ1v) is 13.3. The summed E-state index contributed by atoms with van der Waals surface area (Å²) in [6.45, 7) is 1.97. The molecule has 3 aromatic heterocycles. The molecule has 42 heavy (non-hydrogen) atoms. The van der Waals surface area contributed by atoms with Gasteiger partial charge in [0.2, 0.25) is 5.91 Å². The lowest BCUT2D eigenvalue weighted by Gasteiger charge is -2.21. The summed E-state index contributed by atoms with van der Waals surface area (Å²) >= 11 is 6.27. The van der Waals surface area contributed by atoms with E-state index in [0.29, 0.717) is 40.4 Å². The van der Waals surface area contributed by atoms with E-state index in [1.807, 2.05) is 6.92 Å². The monoisotopic (exact) mass is 599 g/mol. The van der Waals surface area contributed by atoms with Gasteiger partial charge in [-0.05, 0) is 36.8 Å². The van der Waals surface area contributed by atoms with Crippen molar-refractivity contribution in [1.29, 1.82) is 0 Å². The number of unbranched alkanes of at least 4 members (excludes halogenated alkanes) is 1. The Labute approximate surface area is 244 Å². The number of ether oxygens (including phenoxy) is 1. The smallest absolute Gasteiger partial charge is 0.283 e. The Morgan fingerprint density at radius 3 is 2.52 bits per heavy atom. The maximum absolute atomic E-state index is 13.5. The van der Waals surface area contributed by atoms with Crippen LogP contribution in [-0.2, 0) is 4.79 Å². The molecule has 2 N–H and O–H groups in total. The Morgan fingerprint density at radius 2 is 1.90 bits per heavy atom. The van der Waals surface area contributed by atoms with Crippen LogP contribution < -0.4 is 20.9 Å². The van der Waals surface area contributed by atoms with Gasteiger partial charge in [0.25, 0.3) is 17.9 Å². The molecule has 14 heteroatoms. The normalized spacial score (nSPS) is 11.8. The number of alkyl halides is 2. The van der Waals surface area contributed by atoms with Crippen LogP contribution in [0.2, 0.25) is 5.02 Å². The fraction of sp³-hybridized carbons (Fsp3) is 0.286. The van der Waals surface area contributed by atoms with Crippen LogP contribution in [0.1, 0.15) is 54.8 Å². The standard InChI is InChI=1S/C28H28ClF2N7O4/c1-4-5-6-23(28(41)34-17-8-9-20(33-13-17)27(40)32-2)37-15-24(42-3)19(12-25(37)39)18-11-16(29)7-10-22(18)38-14-21(26(30)31)35-36-38/h7-15,23,26H,4-6H2,1-3H3,(H,32,40)(H,34,41). The number of rotatable bonds is 11. The lowest BCUT2D eigenvalue weighted by Crippen LogP contribution is -2.33. The average molecular weight is 600 g/mol. The highest BCUT2D eigenvalue weighted by Gasteiger charge is 2.25. The minimum atomic E-state index is -2.82. The number of methoxy groups -OCH3 is 1. The minimum absolute atomic E-state index is 0.186. The minimum Gasteiger partial charge on any atom is -0.495 e. The summed E-state index contributed by atoms with van der Waals surface area (Å²) in [6, 6.07) is 8.09. The van der Waals surface area contributed by atoms with E-state index in [4.69, 9.17) is 16.3 Å². The molecule has 0 aliphatic heterocycles. The summed E-state index contributed by atoms with van der Waals surface area (Å²) in [7, 11) is 2.89. The van der Waals surface area contributed by atoms with Gasteiger partial charge in [-0.3, -0.25) is 19.0 Å². The number of benzene rings is 1. The maximum Gasteiger partial charge on any atom is 0.283 e. The van der Waals surface area contributed by atoms with Crippen LogP contribution in [0, 0.1) is 0 Å². The molecule has 0 saturated carbocycles. The Balaban J connectivity index is 1.74. The Hall–Kier alpha value is -4.65. The van der Waals surface area contributed by atoms with Crippen molar-refractivity contribution in [2.45, 2.75) is 38.7 Å². The predicted octanol–water partition coefficient (Wildman–Crippen LogP) is 4.82. The highest BCUT2D eigenvalue weighted by atomic mass is 35.5. The van der Waals surface area contributed by atoms with Gasteiger partial charge in [-0.1, -0.05) is 36.6 Å². The number of carbonyl (C=O) groups excluding carboxylic acids is 2. The molecule has 2 amide bonds. The summed E-state index contributed by atoms with van der Waals surface area (Å²) < 4.78 is 34.4. The second-order valence-corrected chi connectivity index (χ2v) is 9.65. The number of aromatic nitrogens is 5. The lowest BCUT2D eigenvalue weighted by atomic mass is 10.0. The highest BCUT2D eigenvalue weighted by molar-refractivity contribution is 6.31. The molecule has 220 valence electrons. The van der Waals surface area contributed by atoms with Gasteiger partial charge in [-0.2, -0.15) is 0 Å². The zero-order valence-corrected chi connectivity index (χ0v) is 23.7. The third-order valence-electron chi connectivity index (χ3n) is 6.45. The SMILES string of the molecule is CCCCC(C(=O)Nc1ccc(C(=O)NC)nc1)n1cc(OC)c(-c2cc(Cl)ccc2-n2cc(C(F)F)nn2)cc1=O. The van der Waals surface area contributed by atoms with E-state index in [1.54, 1.807) is 24.3 Å². The summed E-state index contributed by atoms with van der Waals surface area (Å²) in [5.41, 5.74) is 0.550. The molecule has 1 atom stereocenters. The highest BCUT2D eigenvalue weighted by Crippen LogP contribution is 2.36. The van der Waals surface area contributed by atoms with E-state index in [-0.39, 0.29) is 17.4 Å². The van der Waals surface area contributed by atoms with Crippen LogP contribution in [0.5, 0.6) is 5.75 Å². The molecule has 0 spiro atoms. The molecule has 0 aliphatic rings. The molecule has 3 heterocycles. The molecule has 0 bridgehead atoms. The van der Waals surface area contributed by atoms with Crippen molar-refractivity contribution in [3.63, 3.8) is 0 Å². The molecule has 0 radical (unpaired) electrons. The summed E-state index contributed by atoms with van der Waals surface area (Å²) in [5, 5.41) is 12.9. The van der Waals surface area contributed by atoms with E-state index in [1.165, 1.54) is 47.9 Å². The lowest BCUT2D eigenvalue weighted by molar-refractivity contribution is -0.119. The third kappa shape index (κ3) is 6.62. The molecule has 0 saturated heterocycles. The summed E-state index contributed by atoms with van der Waals surface area (Å²) in [4.78, 5) is 42.8. The molecule has 4 aromatic rings. The Morgan fingerprint density at radius 1 is 1.12 bits per heavy atom. The molecule has 1 unspecified atom stereocenters. The van der Waals surface area contributed by atoms with Crippen molar-refractivity contribution < 1.29 is 23.1 Å². The number of anilines is 1. The van der Waals surface area contributed by atoms with Gasteiger partial charge >= 0.3 is 0 Å². The number of pyridine rings is 2. The quantitative estimate of drug-likeness (QED) is 0.252. The average Bonchev–Trinajstić information content (AvgIpc) is 3.48. The first-order chi connectivity index (χ1) is 20.2. The van der Waals surface area contributed by atoms with Crippen LogP contribution >= 0.6 is 11.6 Å². The fourth-order valence-corrected chi connectivity index (χ4v) is 4.49. The zero-order chi connectivity index (χ0) is 30.4. The van der Waals surface area contributed by atoms with E-state index in [0.717, 1.165) is 12.6 Å². The first-order valence-electron chi connectivity index (χ1n) is 13.0. The van der Waals surface area contributed by atoms with Crippen LogP contribution in [0.4, 0.5) is 14.5 Å². The van der Waals surface area contributed by atoms with Crippen molar-refractivity contribution in [2.75, 3.05) is 19.5 Å². The van der Waals surface area contributed by atoms with Gasteiger partial charge in [-0.25, -0.2) is 18.4 Å². The van der Waals surface area contributed by atoms with Crippen LogP contribution in [-0.4, -0.2) is 50.5 Å². The third-order valence-corrected chi connectivity index (χ3v) is 6.69. The van der Waals surface area contributed by atoms with Gasteiger partial charge in [-0.15, -0.1) is 5.10 Å². The van der Waals surface area contributed by atoms with Crippen molar-refractivity contribution in [2.24, 2.45) is 0 Å². The Bertz CT molecular complexity index is 1640. The molecule has 1 aromatic carbocycles.